The topological polar surface area (TPSA) is 130 Å². The Kier molecular flexibility index (Phi) is 5.10. The molecule has 0 aromatic heterocycles. The van der Waals surface area contributed by atoms with Crippen molar-refractivity contribution in [1.82, 2.24) is 10.1 Å². The van der Waals surface area contributed by atoms with Crippen molar-refractivity contribution >= 4 is 27.3 Å². The van der Waals surface area contributed by atoms with Gasteiger partial charge in [0, 0.05) is 11.6 Å². The first-order valence-electron chi connectivity index (χ1n) is 8.21. The van der Waals surface area contributed by atoms with E-state index < -0.39 is 20.9 Å². The average Bonchev–Trinajstić information content (AvgIpc) is 3.42. The molecule has 1 saturated carbocycles. The highest BCUT2D eigenvalue weighted by Crippen LogP contribution is 2.24. The zero-order valence-corrected chi connectivity index (χ0v) is 15.2. The van der Waals surface area contributed by atoms with Crippen LogP contribution in [0.25, 0.3) is 0 Å². The number of nitro groups is 1. The summed E-state index contributed by atoms with van der Waals surface area (Å²) in [5, 5.41) is 11.2. The summed E-state index contributed by atoms with van der Waals surface area (Å²) < 4.78 is 26.8. The van der Waals surface area contributed by atoms with Gasteiger partial charge in [0.05, 0.1) is 15.5 Å². The Labute approximate surface area is 156 Å². The summed E-state index contributed by atoms with van der Waals surface area (Å²) in [5.41, 5.74) is 5.49. The van der Waals surface area contributed by atoms with Crippen LogP contribution in [0, 0.1) is 17.0 Å². The lowest BCUT2D eigenvalue weighted by atomic mass is 10.1. The van der Waals surface area contributed by atoms with Crippen LogP contribution < -0.4 is 15.6 Å². The summed E-state index contributed by atoms with van der Waals surface area (Å²) in [6.07, 6.45) is 1.69. The fourth-order valence-corrected chi connectivity index (χ4v) is 3.79. The minimum absolute atomic E-state index is 0.0113. The number of nitrogens with zero attached hydrogens (tertiary/aromatic N) is 1. The molecule has 0 atom stereocenters. The Morgan fingerprint density at radius 1 is 1.15 bits per heavy atom. The van der Waals surface area contributed by atoms with Crippen LogP contribution in [0.2, 0.25) is 0 Å². The van der Waals surface area contributed by atoms with E-state index in [9.17, 15) is 23.3 Å². The molecule has 0 heterocycles. The summed E-state index contributed by atoms with van der Waals surface area (Å²) in [7, 11) is -3.55. The molecule has 0 radical (unpaired) electrons. The molecule has 27 heavy (non-hydrogen) atoms. The van der Waals surface area contributed by atoms with Crippen molar-refractivity contribution in [2.24, 2.45) is 0 Å². The lowest BCUT2D eigenvalue weighted by Gasteiger charge is -2.11. The van der Waals surface area contributed by atoms with Gasteiger partial charge in [-0.1, -0.05) is 12.1 Å². The Hall–Kier alpha value is -2.98. The number of rotatable bonds is 7. The number of anilines is 1. The number of benzene rings is 2. The van der Waals surface area contributed by atoms with Crippen molar-refractivity contribution in [3.63, 3.8) is 0 Å². The maximum absolute atomic E-state index is 12.3. The molecular formula is C17H18N4O5S. The van der Waals surface area contributed by atoms with Crippen molar-refractivity contribution in [1.29, 1.82) is 0 Å². The fraction of sp³-hybridized carbons (Fsp3) is 0.235. The normalized spacial score (nSPS) is 13.8. The van der Waals surface area contributed by atoms with E-state index >= 15 is 0 Å². The van der Waals surface area contributed by atoms with E-state index in [2.05, 4.69) is 15.6 Å². The smallest absolute Gasteiger partial charge is 0.285 e. The highest BCUT2D eigenvalue weighted by Gasteiger charge is 2.28. The second kappa shape index (κ2) is 7.33. The minimum Gasteiger partial charge on any atom is -0.298 e. The number of carbonyl (C=O) groups excluding carboxylic acids is 1. The number of nitrogens with one attached hydrogen (secondary N) is 3. The van der Waals surface area contributed by atoms with Crippen molar-refractivity contribution in [2.75, 3.05) is 5.43 Å². The Balaban J connectivity index is 1.68. The average molecular weight is 390 g/mol. The third kappa shape index (κ3) is 4.41. The number of amides is 1. The zero-order valence-electron chi connectivity index (χ0n) is 14.4. The third-order valence-electron chi connectivity index (χ3n) is 4.05. The molecule has 9 nitrogen and oxygen atoms in total. The summed E-state index contributed by atoms with van der Waals surface area (Å²) in [6, 6.07) is 10.3. The van der Waals surface area contributed by atoms with Crippen LogP contribution in [0.15, 0.2) is 47.4 Å². The van der Waals surface area contributed by atoms with Gasteiger partial charge in [0.25, 0.3) is 11.6 Å². The summed E-state index contributed by atoms with van der Waals surface area (Å²) >= 11 is 0. The molecule has 0 saturated heterocycles. The number of aryl methyl sites for hydroxylation is 1. The van der Waals surface area contributed by atoms with Gasteiger partial charge >= 0.3 is 0 Å². The molecule has 0 aliphatic heterocycles. The van der Waals surface area contributed by atoms with Crippen LogP contribution in [0.5, 0.6) is 0 Å². The molecule has 0 unspecified atom stereocenters. The van der Waals surface area contributed by atoms with Crippen LogP contribution >= 0.6 is 0 Å². The Morgan fingerprint density at radius 3 is 2.41 bits per heavy atom. The SMILES string of the molecule is Cc1cccc(C(=O)NNc2ccc(S(=O)(=O)NC3CC3)cc2)c1[N+](=O)[O-]. The van der Waals surface area contributed by atoms with Crippen LogP contribution in [0.4, 0.5) is 11.4 Å². The minimum atomic E-state index is -3.55. The Morgan fingerprint density at radius 2 is 1.81 bits per heavy atom. The first-order chi connectivity index (χ1) is 12.8. The second-order valence-electron chi connectivity index (χ2n) is 6.23. The quantitative estimate of drug-likeness (QED) is 0.490. The highest BCUT2D eigenvalue weighted by molar-refractivity contribution is 7.89. The summed E-state index contributed by atoms with van der Waals surface area (Å²) in [6.45, 7) is 1.55. The van der Waals surface area contributed by atoms with Gasteiger partial charge in [-0.2, -0.15) is 0 Å². The molecule has 2 aromatic rings. The van der Waals surface area contributed by atoms with Gasteiger partial charge in [0.2, 0.25) is 10.0 Å². The van der Waals surface area contributed by atoms with E-state index in [1.165, 1.54) is 30.3 Å². The maximum Gasteiger partial charge on any atom is 0.285 e. The first-order valence-corrected chi connectivity index (χ1v) is 9.69. The van der Waals surface area contributed by atoms with E-state index in [1.807, 2.05) is 0 Å². The molecule has 142 valence electrons. The number of hydrogen-bond donors (Lipinski definition) is 3. The summed E-state index contributed by atoms with van der Waals surface area (Å²) in [4.78, 5) is 23.0. The predicted octanol–water partition coefficient (Wildman–Crippen LogP) is 2.10. The number of hydrogen-bond acceptors (Lipinski definition) is 6. The van der Waals surface area contributed by atoms with E-state index in [-0.39, 0.29) is 22.2 Å². The molecule has 0 spiro atoms. The molecule has 1 amide bonds. The van der Waals surface area contributed by atoms with Crippen molar-refractivity contribution in [2.45, 2.75) is 30.7 Å². The van der Waals surface area contributed by atoms with Gasteiger partial charge < -0.3 is 0 Å². The number of sulfonamides is 1. The zero-order chi connectivity index (χ0) is 19.6. The van der Waals surface area contributed by atoms with Gasteiger partial charge in [-0.3, -0.25) is 25.8 Å². The lowest BCUT2D eigenvalue weighted by molar-refractivity contribution is -0.385. The van der Waals surface area contributed by atoms with Gasteiger partial charge in [0.1, 0.15) is 5.56 Å². The number of carbonyl (C=O) groups is 1. The maximum atomic E-state index is 12.3. The second-order valence-corrected chi connectivity index (χ2v) is 7.94. The van der Waals surface area contributed by atoms with Crippen molar-refractivity contribution < 1.29 is 18.1 Å². The molecule has 1 aliphatic carbocycles. The van der Waals surface area contributed by atoms with Gasteiger partial charge in [0.15, 0.2) is 0 Å². The predicted molar refractivity (Wildman–Crippen MR) is 98.7 cm³/mol. The summed E-state index contributed by atoms with van der Waals surface area (Å²) in [5.74, 6) is -0.669. The molecule has 3 rings (SSSR count). The lowest BCUT2D eigenvalue weighted by Crippen LogP contribution is -2.30. The van der Waals surface area contributed by atoms with Gasteiger partial charge in [-0.05, 0) is 50.1 Å². The monoisotopic (exact) mass is 390 g/mol. The number of nitro benzene ring substituents is 1. The molecule has 3 N–H and O–H groups in total. The standard InChI is InChI=1S/C17H18N4O5S/c1-11-3-2-4-15(16(11)21(23)24)17(22)19-18-12-7-9-14(10-8-12)27(25,26)20-13-5-6-13/h2-4,7-10,13,18,20H,5-6H2,1H3,(H,19,22). The Bertz CT molecular complexity index is 985. The van der Waals surface area contributed by atoms with Crippen LogP contribution in [-0.4, -0.2) is 25.3 Å². The molecule has 1 fully saturated rings. The molecular weight excluding hydrogens is 372 g/mol. The van der Waals surface area contributed by atoms with E-state index in [0.717, 1.165) is 12.8 Å². The van der Waals surface area contributed by atoms with E-state index in [0.29, 0.717) is 11.3 Å². The van der Waals surface area contributed by atoms with Crippen LogP contribution in [-0.2, 0) is 10.0 Å². The van der Waals surface area contributed by atoms with E-state index in [1.54, 1.807) is 19.1 Å². The van der Waals surface area contributed by atoms with Gasteiger partial charge in [-0.25, -0.2) is 13.1 Å². The van der Waals surface area contributed by atoms with Crippen molar-refractivity contribution in [3.8, 4) is 0 Å². The van der Waals surface area contributed by atoms with Crippen LogP contribution in [0.1, 0.15) is 28.8 Å². The number of hydrazine groups is 1. The van der Waals surface area contributed by atoms with E-state index in [4.69, 9.17) is 0 Å². The third-order valence-corrected chi connectivity index (χ3v) is 5.59. The van der Waals surface area contributed by atoms with Crippen molar-refractivity contribution in [3.05, 3.63) is 63.7 Å². The molecule has 1 aliphatic rings. The molecule has 10 heteroatoms. The highest BCUT2D eigenvalue weighted by atomic mass is 32.2. The first kappa shape index (κ1) is 18.8. The fourth-order valence-electron chi connectivity index (χ4n) is 2.49. The largest absolute Gasteiger partial charge is 0.298 e. The molecule has 2 aromatic carbocycles. The van der Waals surface area contributed by atoms with Crippen LogP contribution in [0.3, 0.4) is 0 Å². The number of para-hydroxylation sites is 1. The van der Waals surface area contributed by atoms with Gasteiger partial charge in [-0.15, -0.1) is 0 Å². The molecule has 0 bridgehead atoms.